The number of nitrogens with zero attached hydrogens (tertiary/aromatic N) is 1. The van der Waals surface area contributed by atoms with Gasteiger partial charge in [-0.05, 0) is 30.7 Å². The van der Waals surface area contributed by atoms with Gasteiger partial charge < -0.3 is 0 Å². The molecule has 1 saturated heterocycles. The number of benzene rings is 1. The van der Waals surface area contributed by atoms with Crippen molar-refractivity contribution in [1.29, 1.82) is 0 Å². The predicted octanol–water partition coefficient (Wildman–Crippen LogP) is 3.29. The molecule has 0 bridgehead atoms. The number of hydrogen-bond acceptors (Lipinski definition) is 2. The molecule has 1 unspecified atom stereocenters. The third-order valence-electron chi connectivity index (χ3n) is 2.92. The Morgan fingerprint density at radius 1 is 1.37 bits per heavy atom. The fourth-order valence-electron chi connectivity index (χ4n) is 2.01. The molecule has 0 aromatic heterocycles. The van der Waals surface area contributed by atoms with E-state index in [1.807, 2.05) is 6.92 Å². The Morgan fingerprint density at radius 3 is 2.53 bits per heavy atom. The molecule has 7 heteroatoms. The molecule has 0 N–H and O–H groups in total. The fraction of sp³-hybridized carbons (Fsp3) is 0.500. The monoisotopic (exact) mass is 293 g/mol. The number of alkyl halides is 3. The average Bonchev–Trinajstić information content (AvgIpc) is 2.70. The predicted molar refractivity (Wildman–Crippen MR) is 66.7 cm³/mol. The molecule has 106 valence electrons. The van der Waals surface area contributed by atoms with Crippen LogP contribution >= 0.6 is 0 Å². The van der Waals surface area contributed by atoms with Crippen LogP contribution in [0.25, 0.3) is 0 Å². The van der Waals surface area contributed by atoms with E-state index in [0.717, 1.165) is 25.0 Å². The molecule has 1 heterocycles. The minimum atomic E-state index is -4.36. The van der Waals surface area contributed by atoms with Crippen molar-refractivity contribution in [3.05, 3.63) is 29.8 Å². The molecule has 2 atom stereocenters. The van der Waals surface area contributed by atoms with Crippen molar-refractivity contribution in [1.82, 2.24) is 0 Å². The summed E-state index contributed by atoms with van der Waals surface area (Å²) >= 11 is -1.62. The van der Waals surface area contributed by atoms with Crippen LogP contribution in [-0.4, -0.2) is 16.9 Å². The lowest BCUT2D eigenvalue weighted by molar-refractivity contribution is -0.137. The van der Waals surface area contributed by atoms with Crippen LogP contribution in [0.1, 0.15) is 25.3 Å². The number of hydrogen-bond donors (Lipinski definition) is 0. The highest BCUT2D eigenvalue weighted by Crippen LogP contribution is 2.32. The highest BCUT2D eigenvalue weighted by molar-refractivity contribution is 7.82. The quantitative estimate of drug-likeness (QED) is 0.856. The first kappa shape index (κ1) is 14.3. The summed E-state index contributed by atoms with van der Waals surface area (Å²) in [4.78, 5) is 0. The minimum Gasteiger partial charge on any atom is -0.272 e. The molecule has 0 aliphatic carbocycles. The Labute approximate surface area is 112 Å². The minimum absolute atomic E-state index is 0.0532. The van der Waals surface area contributed by atoms with Gasteiger partial charge in [-0.2, -0.15) is 13.2 Å². The Balaban J connectivity index is 2.23. The van der Waals surface area contributed by atoms with Gasteiger partial charge in [-0.1, -0.05) is 13.3 Å². The van der Waals surface area contributed by atoms with Crippen LogP contribution in [0.2, 0.25) is 0 Å². The first-order valence-corrected chi connectivity index (χ1v) is 6.98. The van der Waals surface area contributed by atoms with E-state index in [2.05, 4.69) is 0 Å². The Bertz CT molecular complexity index is 461. The summed E-state index contributed by atoms with van der Waals surface area (Å²) in [5.74, 6) is 0. The molecule has 3 nitrogen and oxygen atoms in total. The van der Waals surface area contributed by atoms with Crippen LogP contribution in [0.15, 0.2) is 24.3 Å². The lowest BCUT2D eigenvalue weighted by atomic mass is 10.1. The smallest absolute Gasteiger partial charge is 0.272 e. The molecular formula is C12H14F3NO2S. The zero-order chi connectivity index (χ0) is 14.0. The molecule has 0 radical (unpaired) electrons. The van der Waals surface area contributed by atoms with E-state index in [1.54, 1.807) is 0 Å². The third kappa shape index (κ3) is 3.09. The number of anilines is 1. The molecule has 1 aliphatic heterocycles. The maximum absolute atomic E-state index is 12.5. The van der Waals surface area contributed by atoms with Gasteiger partial charge in [-0.25, -0.2) is 4.21 Å². The zero-order valence-electron chi connectivity index (χ0n) is 10.3. The average molecular weight is 293 g/mol. The van der Waals surface area contributed by atoms with Gasteiger partial charge in [-0.3, -0.25) is 8.49 Å². The standard InChI is InChI=1S/C12H14F3NO2S/c1-2-3-11-8-18-19(17)16(11)10-6-4-9(5-7-10)12(13,14)15/h4-7,11H,2-3,8H2,1H3/t11-,19?/m1/s1. The van der Waals surface area contributed by atoms with Crippen molar-refractivity contribution in [2.24, 2.45) is 0 Å². The van der Waals surface area contributed by atoms with E-state index >= 15 is 0 Å². The van der Waals surface area contributed by atoms with E-state index in [-0.39, 0.29) is 6.04 Å². The normalized spacial score (nSPS) is 23.9. The van der Waals surface area contributed by atoms with Gasteiger partial charge in [-0.15, -0.1) is 0 Å². The first-order chi connectivity index (χ1) is 8.93. The summed E-state index contributed by atoms with van der Waals surface area (Å²) < 4.78 is 55.7. The molecule has 1 aromatic rings. The summed E-state index contributed by atoms with van der Waals surface area (Å²) in [5.41, 5.74) is -0.225. The molecule has 1 fully saturated rings. The molecule has 0 amide bonds. The van der Waals surface area contributed by atoms with Crippen LogP contribution in [0.4, 0.5) is 18.9 Å². The molecule has 0 saturated carbocycles. The lowest BCUT2D eigenvalue weighted by Crippen LogP contribution is -2.30. The van der Waals surface area contributed by atoms with Crippen LogP contribution in [0.5, 0.6) is 0 Å². The largest absolute Gasteiger partial charge is 0.416 e. The van der Waals surface area contributed by atoms with Crippen molar-refractivity contribution < 1.29 is 21.6 Å². The van der Waals surface area contributed by atoms with E-state index in [0.29, 0.717) is 12.3 Å². The molecule has 2 rings (SSSR count). The second-order valence-electron chi connectivity index (χ2n) is 4.31. The molecule has 0 spiro atoms. The lowest BCUT2D eigenvalue weighted by Gasteiger charge is -2.22. The van der Waals surface area contributed by atoms with Crippen LogP contribution in [-0.2, 0) is 21.6 Å². The fourth-order valence-corrected chi connectivity index (χ4v) is 3.10. The Hall–Kier alpha value is -1.08. The van der Waals surface area contributed by atoms with Crippen LogP contribution in [0.3, 0.4) is 0 Å². The first-order valence-electron chi connectivity index (χ1n) is 5.95. The molecule has 19 heavy (non-hydrogen) atoms. The van der Waals surface area contributed by atoms with Crippen molar-refractivity contribution >= 4 is 17.0 Å². The van der Waals surface area contributed by atoms with Gasteiger partial charge in [0.05, 0.1) is 23.9 Å². The Kier molecular flexibility index (Phi) is 4.15. The van der Waals surface area contributed by atoms with Gasteiger partial charge in [0.2, 0.25) is 0 Å². The maximum Gasteiger partial charge on any atom is 0.416 e. The highest BCUT2D eigenvalue weighted by atomic mass is 32.2. The van der Waals surface area contributed by atoms with Gasteiger partial charge in [0.25, 0.3) is 11.3 Å². The SMILES string of the molecule is CCC[C@@H]1COS(=O)N1c1ccc(C(F)(F)F)cc1. The van der Waals surface area contributed by atoms with Gasteiger partial charge >= 0.3 is 6.18 Å². The van der Waals surface area contributed by atoms with Crippen molar-refractivity contribution in [2.45, 2.75) is 32.0 Å². The highest BCUT2D eigenvalue weighted by Gasteiger charge is 2.34. The third-order valence-corrected chi connectivity index (χ3v) is 4.09. The maximum atomic E-state index is 12.5. The number of halogens is 3. The molecule has 1 aliphatic rings. The van der Waals surface area contributed by atoms with E-state index in [4.69, 9.17) is 4.18 Å². The summed E-state index contributed by atoms with van der Waals surface area (Å²) in [6.07, 6.45) is -2.68. The summed E-state index contributed by atoms with van der Waals surface area (Å²) in [6, 6.07) is 4.60. The second-order valence-corrected chi connectivity index (χ2v) is 5.38. The van der Waals surface area contributed by atoms with Crippen LogP contribution in [0, 0.1) is 0 Å². The van der Waals surface area contributed by atoms with Gasteiger partial charge in [0, 0.05) is 0 Å². The summed E-state index contributed by atoms with van der Waals surface area (Å²) in [7, 11) is 0. The van der Waals surface area contributed by atoms with E-state index in [1.165, 1.54) is 16.4 Å². The molecular weight excluding hydrogens is 279 g/mol. The summed E-state index contributed by atoms with van der Waals surface area (Å²) in [6.45, 7) is 2.33. The zero-order valence-corrected chi connectivity index (χ0v) is 11.1. The van der Waals surface area contributed by atoms with Crippen LogP contribution < -0.4 is 4.31 Å². The second kappa shape index (κ2) is 5.50. The summed E-state index contributed by atoms with van der Waals surface area (Å²) in [5, 5.41) is 0. The van der Waals surface area contributed by atoms with Crippen molar-refractivity contribution in [2.75, 3.05) is 10.9 Å². The topological polar surface area (TPSA) is 29.5 Å². The molecule has 1 aromatic carbocycles. The van der Waals surface area contributed by atoms with Crippen molar-refractivity contribution in [3.63, 3.8) is 0 Å². The van der Waals surface area contributed by atoms with E-state index in [9.17, 15) is 17.4 Å². The van der Waals surface area contributed by atoms with Gasteiger partial charge in [0.15, 0.2) is 0 Å². The Morgan fingerprint density at radius 2 is 2.00 bits per heavy atom. The van der Waals surface area contributed by atoms with Crippen molar-refractivity contribution in [3.8, 4) is 0 Å². The van der Waals surface area contributed by atoms with Gasteiger partial charge in [0.1, 0.15) is 0 Å². The number of rotatable bonds is 3. The van der Waals surface area contributed by atoms with E-state index < -0.39 is 23.0 Å².